The summed E-state index contributed by atoms with van der Waals surface area (Å²) < 4.78 is 50.0. The van der Waals surface area contributed by atoms with Gasteiger partial charge in [-0.3, -0.25) is 9.59 Å². The first-order chi connectivity index (χ1) is 26.0. The van der Waals surface area contributed by atoms with Crippen LogP contribution in [0.1, 0.15) is 91.8 Å². The Kier molecular flexibility index (Phi) is 15.0. The largest absolute Gasteiger partial charge is 0.458 e. The number of rotatable bonds is 21. The molecular weight excluding hydrogens is 704 g/mol. The summed E-state index contributed by atoms with van der Waals surface area (Å²) in [6, 6.07) is 32.4. The number of carbonyl (C=O) groups is 2. The zero-order valence-corrected chi connectivity index (χ0v) is 32.5. The minimum atomic E-state index is -3.22. The number of esters is 1. The molecule has 0 aromatic heterocycles. The van der Waals surface area contributed by atoms with Gasteiger partial charge >= 0.3 is 5.97 Å². The molecule has 0 aliphatic carbocycles. The molecule has 0 N–H and O–H groups in total. The number of hydrogen-bond donors (Lipinski definition) is 0. The molecule has 0 bridgehead atoms. The van der Waals surface area contributed by atoms with E-state index < -0.39 is 22.1 Å². The Morgan fingerprint density at radius 1 is 0.815 bits per heavy atom. The molecule has 4 aromatic rings. The predicted octanol–water partition coefficient (Wildman–Crippen LogP) is 8.76. The predicted molar refractivity (Wildman–Crippen MR) is 211 cm³/mol. The van der Waals surface area contributed by atoms with Crippen LogP contribution in [0, 0.1) is 11.7 Å². The number of β-lactam (4-membered cyclic amide) rings is 1. The number of nitrogens with zero attached hydrogens (tertiary/aromatic N) is 2. The van der Waals surface area contributed by atoms with E-state index in [9.17, 15) is 22.4 Å². The SMILES string of the molecule is CC(=O)O[C@@H](CC[C@H]1C(=O)N(c2ccc(CCCN(C)S(C)(=O)=O)cc2)[C@@H]1c1ccc(CCCCCCOCc2ccccc2)cc1)c1ccc(F)cc1. The van der Waals surface area contributed by atoms with Crippen LogP contribution in [0.5, 0.6) is 0 Å². The van der Waals surface area contributed by atoms with Gasteiger partial charge in [0.1, 0.15) is 11.9 Å². The summed E-state index contributed by atoms with van der Waals surface area (Å²) in [5.41, 5.74) is 6.04. The molecule has 0 spiro atoms. The third kappa shape index (κ3) is 11.8. The van der Waals surface area contributed by atoms with Crippen LogP contribution < -0.4 is 4.90 Å². The molecular formula is C44H53FN2O6S. The first kappa shape index (κ1) is 40.8. The van der Waals surface area contributed by atoms with E-state index in [-0.39, 0.29) is 23.7 Å². The lowest BCUT2D eigenvalue weighted by Crippen LogP contribution is -2.55. The molecule has 0 unspecified atom stereocenters. The molecule has 0 saturated carbocycles. The summed E-state index contributed by atoms with van der Waals surface area (Å²) in [5.74, 6) is -1.13. The molecule has 1 amide bonds. The van der Waals surface area contributed by atoms with Crippen molar-refractivity contribution in [2.24, 2.45) is 5.92 Å². The van der Waals surface area contributed by atoms with Gasteiger partial charge in [0.05, 0.1) is 24.8 Å². The van der Waals surface area contributed by atoms with Crippen LogP contribution in [-0.2, 0) is 48.5 Å². The van der Waals surface area contributed by atoms with Crippen molar-refractivity contribution < 1.29 is 31.9 Å². The Balaban J connectivity index is 1.21. The molecule has 1 saturated heterocycles. The first-order valence-corrected chi connectivity index (χ1v) is 20.8. The number of halogens is 1. The van der Waals surface area contributed by atoms with Crippen LogP contribution in [0.15, 0.2) is 103 Å². The Bertz CT molecular complexity index is 1890. The molecule has 1 aliphatic heterocycles. The van der Waals surface area contributed by atoms with E-state index in [2.05, 4.69) is 36.4 Å². The van der Waals surface area contributed by atoms with Crippen molar-refractivity contribution in [1.29, 1.82) is 0 Å². The van der Waals surface area contributed by atoms with Gasteiger partial charge in [0.25, 0.3) is 0 Å². The number of amides is 1. The van der Waals surface area contributed by atoms with Gasteiger partial charge in [-0.2, -0.15) is 0 Å². The quantitative estimate of drug-likeness (QED) is 0.0480. The van der Waals surface area contributed by atoms with Gasteiger partial charge in [0.2, 0.25) is 15.9 Å². The average Bonchev–Trinajstić information content (AvgIpc) is 3.15. The van der Waals surface area contributed by atoms with Crippen LogP contribution in [0.25, 0.3) is 0 Å². The minimum absolute atomic E-state index is 0.0000305. The van der Waals surface area contributed by atoms with Gasteiger partial charge in [-0.25, -0.2) is 17.1 Å². The van der Waals surface area contributed by atoms with E-state index in [1.54, 1.807) is 19.2 Å². The second-order valence-electron chi connectivity index (χ2n) is 14.3. The summed E-state index contributed by atoms with van der Waals surface area (Å²) in [5, 5.41) is 0. The maximum Gasteiger partial charge on any atom is 0.303 e. The van der Waals surface area contributed by atoms with Gasteiger partial charge in [0.15, 0.2) is 0 Å². The fourth-order valence-corrected chi connectivity index (χ4v) is 7.49. The van der Waals surface area contributed by atoms with Crippen molar-refractivity contribution in [2.75, 3.05) is 31.4 Å². The molecule has 5 rings (SSSR count). The van der Waals surface area contributed by atoms with Crippen LogP contribution in [0.4, 0.5) is 10.1 Å². The van der Waals surface area contributed by atoms with Crippen molar-refractivity contribution in [1.82, 2.24) is 4.31 Å². The van der Waals surface area contributed by atoms with E-state index in [4.69, 9.17) is 9.47 Å². The number of anilines is 1. The topological polar surface area (TPSA) is 93.2 Å². The van der Waals surface area contributed by atoms with Crippen molar-refractivity contribution in [2.45, 2.75) is 83.5 Å². The van der Waals surface area contributed by atoms with E-state index in [0.29, 0.717) is 44.4 Å². The number of benzene rings is 4. The lowest BCUT2D eigenvalue weighted by atomic mass is 9.78. The van der Waals surface area contributed by atoms with Crippen molar-refractivity contribution in [3.05, 3.63) is 137 Å². The number of unbranched alkanes of at least 4 members (excludes halogenated alkanes) is 3. The molecule has 4 aromatic carbocycles. The van der Waals surface area contributed by atoms with Gasteiger partial charge in [-0.1, -0.05) is 91.7 Å². The molecule has 54 heavy (non-hydrogen) atoms. The normalized spacial score (nSPS) is 16.3. The van der Waals surface area contributed by atoms with E-state index in [0.717, 1.165) is 55.5 Å². The lowest BCUT2D eigenvalue weighted by molar-refractivity contribution is -0.147. The Labute approximate surface area is 320 Å². The number of carbonyl (C=O) groups excluding carboxylic acids is 2. The van der Waals surface area contributed by atoms with Crippen LogP contribution in [0.3, 0.4) is 0 Å². The monoisotopic (exact) mass is 756 g/mol. The molecule has 3 atom stereocenters. The number of ether oxygens (including phenoxy) is 2. The molecule has 10 heteroatoms. The summed E-state index contributed by atoms with van der Waals surface area (Å²) in [7, 11) is -1.64. The van der Waals surface area contributed by atoms with Crippen molar-refractivity contribution in [3.8, 4) is 0 Å². The van der Waals surface area contributed by atoms with Crippen molar-refractivity contribution in [3.63, 3.8) is 0 Å². The summed E-state index contributed by atoms with van der Waals surface area (Å²) in [4.78, 5) is 27.7. The number of hydrogen-bond acceptors (Lipinski definition) is 6. The van der Waals surface area contributed by atoms with Crippen molar-refractivity contribution >= 4 is 27.6 Å². The molecule has 1 fully saturated rings. The van der Waals surface area contributed by atoms with Crippen LogP contribution >= 0.6 is 0 Å². The second-order valence-corrected chi connectivity index (χ2v) is 16.4. The molecule has 1 aliphatic rings. The maximum absolute atomic E-state index is 13.9. The number of sulfonamides is 1. The first-order valence-electron chi connectivity index (χ1n) is 19.0. The number of aryl methyl sites for hydroxylation is 2. The zero-order valence-electron chi connectivity index (χ0n) is 31.7. The van der Waals surface area contributed by atoms with Gasteiger partial charge < -0.3 is 14.4 Å². The molecule has 1 heterocycles. The Hall–Kier alpha value is -4.38. The fourth-order valence-electron chi connectivity index (χ4n) is 7.03. The zero-order chi connectivity index (χ0) is 38.5. The maximum atomic E-state index is 13.9. The Morgan fingerprint density at radius 3 is 2.09 bits per heavy atom. The summed E-state index contributed by atoms with van der Waals surface area (Å²) in [6.07, 6.45) is 8.27. The van der Waals surface area contributed by atoms with Crippen LogP contribution in [-0.4, -0.2) is 51.1 Å². The lowest BCUT2D eigenvalue weighted by Gasteiger charge is -2.48. The summed E-state index contributed by atoms with van der Waals surface area (Å²) in [6.45, 7) is 3.20. The van der Waals surface area contributed by atoms with Gasteiger partial charge in [-0.05, 0) is 97.0 Å². The highest BCUT2D eigenvalue weighted by molar-refractivity contribution is 7.88. The summed E-state index contributed by atoms with van der Waals surface area (Å²) >= 11 is 0. The smallest absolute Gasteiger partial charge is 0.303 e. The van der Waals surface area contributed by atoms with E-state index in [1.165, 1.54) is 40.7 Å². The van der Waals surface area contributed by atoms with E-state index >= 15 is 0 Å². The molecule has 0 radical (unpaired) electrons. The average molecular weight is 757 g/mol. The third-order valence-electron chi connectivity index (χ3n) is 10.2. The molecule has 288 valence electrons. The highest BCUT2D eigenvalue weighted by Gasteiger charge is 2.48. The van der Waals surface area contributed by atoms with E-state index in [1.807, 2.05) is 47.4 Å². The standard InChI is InChI=1S/C44H53FN2O6S/c1-33(48)53-42(37-22-24-39(45)25-23-37)29-28-41-43(47(44(41)49)40-26-18-35(19-27-40)15-11-30-46(2)54(3,50)51)38-20-16-34(17-21-38)12-7-4-5-10-31-52-32-36-13-8-6-9-14-36/h6,8-9,13-14,16-27,41-43H,4-5,7,10-12,15,28-32H2,1-3H3/t41-,42+,43-/m1/s1. The van der Waals surface area contributed by atoms with Gasteiger partial charge in [0, 0.05) is 32.8 Å². The third-order valence-corrected chi connectivity index (χ3v) is 11.5. The van der Waals surface area contributed by atoms with Gasteiger partial charge in [-0.15, -0.1) is 0 Å². The highest BCUT2D eigenvalue weighted by Crippen LogP contribution is 2.46. The molecule has 8 nitrogen and oxygen atoms in total. The second kappa shape index (κ2) is 19.8. The van der Waals surface area contributed by atoms with Crippen LogP contribution in [0.2, 0.25) is 0 Å². The fraction of sp³-hybridized carbons (Fsp3) is 0.409. The minimum Gasteiger partial charge on any atom is -0.458 e. The Morgan fingerprint density at radius 2 is 1.44 bits per heavy atom. The highest BCUT2D eigenvalue weighted by atomic mass is 32.2.